The molecular formula is C17H16ClNOS. The highest BCUT2D eigenvalue weighted by Crippen LogP contribution is 2.13. The second-order valence-electron chi connectivity index (χ2n) is 4.97. The van der Waals surface area contributed by atoms with Crippen LogP contribution in [-0.4, -0.2) is 10.4 Å². The number of nitrogens with zero attached hydrogens (tertiary/aromatic N) is 1. The standard InChI is InChI=1S/C17H16ClNOS/c1-12(2)19-11-3-4-14(17(19)21)7-10-16(20)13-5-8-15(18)9-6-13/h3-12H,1-2H3/b10-7+. The fourth-order valence-electron chi connectivity index (χ4n) is 1.94. The topological polar surface area (TPSA) is 22.0 Å². The number of rotatable bonds is 4. The van der Waals surface area contributed by atoms with Gasteiger partial charge in [-0.1, -0.05) is 29.9 Å². The van der Waals surface area contributed by atoms with Gasteiger partial charge in [0.25, 0.3) is 0 Å². The molecule has 0 aliphatic rings. The maximum Gasteiger partial charge on any atom is 0.185 e. The number of carbonyl (C=O) groups excluding carboxylic acids is 1. The molecular weight excluding hydrogens is 302 g/mol. The third-order valence-corrected chi connectivity index (χ3v) is 3.80. The van der Waals surface area contributed by atoms with Crippen molar-refractivity contribution in [1.82, 2.24) is 4.57 Å². The first-order valence-corrected chi connectivity index (χ1v) is 7.47. The van der Waals surface area contributed by atoms with Gasteiger partial charge in [-0.25, -0.2) is 0 Å². The van der Waals surface area contributed by atoms with Gasteiger partial charge in [-0.3, -0.25) is 4.79 Å². The molecule has 0 bridgehead atoms. The minimum Gasteiger partial charge on any atom is -0.336 e. The molecule has 0 spiro atoms. The quantitative estimate of drug-likeness (QED) is 0.431. The molecule has 0 radical (unpaired) electrons. The van der Waals surface area contributed by atoms with Crippen LogP contribution in [0, 0.1) is 4.64 Å². The highest BCUT2D eigenvalue weighted by Gasteiger charge is 2.03. The van der Waals surface area contributed by atoms with Crippen molar-refractivity contribution in [2.75, 3.05) is 0 Å². The Bertz CT molecular complexity index is 729. The van der Waals surface area contributed by atoms with E-state index < -0.39 is 0 Å². The number of benzene rings is 1. The molecule has 4 heteroatoms. The van der Waals surface area contributed by atoms with Gasteiger partial charge in [0.2, 0.25) is 0 Å². The van der Waals surface area contributed by atoms with Crippen molar-refractivity contribution in [2.45, 2.75) is 19.9 Å². The van der Waals surface area contributed by atoms with E-state index in [-0.39, 0.29) is 11.8 Å². The molecule has 1 aromatic heterocycles. The highest BCUT2D eigenvalue weighted by atomic mass is 35.5. The van der Waals surface area contributed by atoms with Gasteiger partial charge < -0.3 is 4.57 Å². The fourth-order valence-corrected chi connectivity index (χ4v) is 2.47. The first-order chi connectivity index (χ1) is 9.99. The summed E-state index contributed by atoms with van der Waals surface area (Å²) in [6.07, 6.45) is 5.25. The molecule has 0 saturated carbocycles. The average Bonchev–Trinajstić information content (AvgIpc) is 2.46. The summed E-state index contributed by atoms with van der Waals surface area (Å²) in [7, 11) is 0. The third kappa shape index (κ3) is 3.90. The molecule has 2 aromatic rings. The molecule has 0 atom stereocenters. The summed E-state index contributed by atoms with van der Waals surface area (Å²) >= 11 is 11.2. The van der Waals surface area contributed by atoms with Crippen molar-refractivity contribution in [1.29, 1.82) is 0 Å². The molecule has 0 unspecified atom stereocenters. The Morgan fingerprint density at radius 3 is 2.52 bits per heavy atom. The van der Waals surface area contributed by atoms with Gasteiger partial charge >= 0.3 is 0 Å². The van der Waals surface area contributed by atoms with Crippen molar-refractivity contribution in [2.24, 2.45) is 0 Å². The van der Waals surface area contributed by atoms with Gasteiger partial charge in [0.15, 0.2) is 5.78 Å². The van der Waals surface area contributed by atoms with Crippen LogP contribution in [0.4, 0.5) is 0 Å². The molecule has 1 heterocycles. The Kier molecular flexibility index (Phi) is 5.10. The lowest BCUT2D eigenvalue weighted by atomic mass is 10.1. The largest absolute Gasteiger partial charge is 0.336 e. The molecule has 0 aliphatic heterocycles. The summed E-state index contributed by atoms with van der Waals surface area (Å²) in [5, 5.41) is 0.615. The van der Waals surface area contributed by atoms with Gasteiger partial charge in [0.1, 0.15) is 4.64 Å². The van der Waals surface area contributed by atoms with Crippen molar-refractivity contribution in [3.05, 3.63) is 69.5 Å². The predicted molar refractivity (Wildman–Crippen MR) is 90.5 cm³/mol. The van der Waals surface area contributed by atoms with E-state index in [9.17, 15) is 4.79 Å². The van der Waals surface area contributed by atoms with Crippen LogP contribution in [0.15, 0.2) is 48.7 Å². The molecule has 1 aromatic carbocycles. The molecule has 0 amide bonds. The molecule has 21 heavy (non-hydrogen) atoms. The summed E-state index contributed by atoms with van der Waals surface area (Å²) < 4.78 is 2.73. The Morgan fingerprint density at radius 1 is 1.24 bits per heavy atom. The van der Waals surface area contributed by atoms with Crippen LogP contribution in [-0.2, 0) is 0 Å². The van der Waals surface area contributed by atoms with E-state index in [2.05, 4.69) is 13.8 Å². The van der Waals surface area contributed by atoms with E-state index in [1.165, 1.54) is 0 Å². The molecule has 2 nitrogen and oxygen atoms in total. The van der Waals surface area contributed by atoms with E-state index in [0.29, 0.717) is 10.6 Å². The van der Waals surface area contributed by atoms with E-state index >= 15 is 0 Å². The van der Waals surface area contributed by atoms with Crippen LogP contribution in [0.3, 0.4) is 0 Å². The predicted octanol–water partition coefficient (Wildman–Crippen LogP) is 5.35. The second-order valence-corrected chi connectivity index (χ2v) is 5.80. The Morgan fingerprint density at radius 2 is 1.90 bits per heavy atom. The normalized spacial score (nSPS) is 11.2. The minimum atomic E-state index is -0.0685. The number of hydrogen-bond donors (Lipinski definition) is 0. The first-order valence-electron chi connectivity index (χ1n) is 6.68. The lowest BCUT2D eigenvalue weighted by molar-refractivity contribution is 0.104. The van der Waals surface area contributed by atoms with E-state index in [4.69, 9.17) is 23.8 Å². The number of aromatic nitrogens is 1. The van der Waals surface area contributed by atoms with Crippen molar-refractivity contribution >= 4 is 35.7 Å². The van der Waals surface area contributed by atoms with E-state index in [0.717, 1.165) is 10.2 Å². The van der Waals surface area contributed by atoms with Crippen LogP contribution < -0.4 is 0 Å². The van der Waals surface area contributed by atoms with Gasteiger partial charge in [0.05, 0.1) is 0 Å². The number of hydrogen-bond acceptors (Lipinski definition) is 2. The summed E-state index contributed by atoms with van der Waals surface area (Å²) in [6.45, 7) is 4.14. The van der Waals surface area contributed by atoms with Gasteiger partial charge in [-0.2, -0.15) is 0 Å². The van der Waals surface area contributed by atoms with E-state index in [1.54, 1.807) is 36.4 Å². The van der Waals surface area contributed by atoms with Crippen LogP contribution in [0.25, 0.3) is 6.08 Å². The van der Waals surface area contributed by atoms with Crippen LogP contribution >= 0.6 is 23.8 Å². The Labute approximate surface area is 134 Å². The molecule has 0 saturated heterocycles. The summed E-state index contributed by atoms with van der Waals surface area (Å²) in [6, 6.07) is 11.0. The Balaban J connectivity index is 2.25. The number of ketones is 1. The second kappa shape index (κ2) is 6.83. The zero-order valence-corrected chi connectivity index (χ0v) is 13.5. The minimum absolute atomic E-state index is 0.0685. The SMILES string of the molecule is CC(C)n1cccc(/C=C/C(=O)c2ccc(Cl)cc2)c1=S. The number of halogens is 1. The van der Waals surface area contributed by atoms with E-state index in [1.807, 2.05) is 22.9 Å². The molecule has 108 valence electrons. The van der Waals surface area contributed by atoms with Gasteiger partial charge in [-0.15, -0.1) is 0 Å². The molecule has 0 N–H and O–H groups in total. The molecule has 0 aliphatic carbocycles. The lowest BCUT2D eigenvalue weighted by Gasteiger charge is -2.11. The highest BCUT2D eigenvalue weighted by molar-refractivity contribution is 7.71. The zero-order valence-electron chi connectivity index (χ0n) is 11.9. The van der Waals surface area contributed by atoms with Crippen molar-refractivity contribution in [3.63, 3.8) is 0 Å². The maximum absolute atomic E-state index is 12.1. The smallest absolute Gasteiger partial charge is 0.185 e. The number of allylic oxidation sites excluding steroid dienone is 1. The zero-order chi connectivity index (χ0) is 15.4. The molecule has 0 fully saturated rings. The fraction of sp³-hybridized carbons (Fsp3) is 0.176. The van der Waals surface area contributed by atoms with Gasteiger partial charge in [0, 0.05) is 28.4 Å². The summed E-state index contributed by atoms with van der Waals surface area (Å²) in [5.41, 5.74) is 1.47. The summed E-state index contributed by atoms with van der Waals surface area (Å²) in [5.74, 6) is -0.0685. The average molecular weight is 318 g/mol. The van der Waals surface area contributed by atoms with Crippen LogP contribution in [0.5, 0.6) is 0 Å². The molecule has 2 rings (SSSR count). The van der Waals surface area contributed by atoms with Gasteiger partial charge in [-0.05, 0) is 56.3 Å². The summed E-state index contributed by atoms with van der Waals surface area (Å²) in [4.78, 5) is 12.1. The van der Waals surface area contributed by atoms with Crippen LogP contribution in [0.2, 0.25) is 5.02 Å². The number of carbonyl (C=O) groups is 1. The maximum atomic E-state index is 12.1. The lowest BCUT2D eigenvalue weighted by Crippen LogP contribution is -2.03. The van der Waals surface area contributed by atoms with Crippen molar-refractivity contribution < 1.29 is 4.79 Å². The Hall–Kier alpha value is -1.71. The number of pyridine rings is 1. The van der Waals surface area contributed by atoms with Crippen LogP contribution in [0.1, 0.15) is 35.8 Å². The monoisotopic (exact) mass is 317 g/mol. The third-order valence-electron chi connectivity index (χ3n) is 3.10. The van der Waals surface area contributed by atoms with Crippen molar-refractivity contribution in [3.8, 4) is 0 Å². The first kappa shape index (κ1) is 15.7.